The molecule has 0 atom stereocenters. The maximum absolute atomic E-state index is 4.22. The minimum absolute atomic E-state index is 0.603. The van der Waals surface area contributed by atoms with E-state index in [9.17, 15) is 0 Å². The van der Waals surface area contributed by atoms with Crippen molar-refractivity contribution in [1.29, 1.82) is 0 Å². The minimum atomic E-state index is 0.603. The summed E-state index contributed by atoms with van der Waals surface area (Å²) in [4.78, 5) is 16.2. The lowest BCUT2D eigenvalue weighted by Crippen LogP contribution is -2.05. The van der Waals surface area contributed by atoms with Crippen LogP contribution in [0.25, 0.3) is 0 Å². The van der Waals surface area contributed by atoms with E-state index in [0.29, 0.717) is 12.5 Å². The third-order valence-electron chi connectivity index (χ3n) is 1.87. The molecule has 0 spiro atoms. The largest absolute Gasteiger partial charge is 0.349 e. The van der Waals surface area contributed by atoms with Crippen molar-refractivity contribution in [2.45, 2.75) is 13.5 Å². The summed E-state index contributed by atoms with van der Waals surface area (Å²) >= 11 is 0. The molecule has 5 nitrogen and oxygen atoms in total. The Labute approximate surface area is 87.6 Å². The summed E-state index contributed by atoms with van der Waals surface area (Å²) in [5.74, 6) is 0.619. The summed E-state index contributed by atoms with van der Waals surface area (Å²) in [5.41, 5.74) is 1.85. The van der Waals surface area contributed by atoms with Gasteiger partial charge in [-0.05, 0) is 19.1 Å². The number of hydrogen-bond acceptors (Lipinski definition) is 5. The molecule has 15 heavy (non-hydrogen) atoms. The van der Waals surface area contributed by atoms with Gasteiger partial charge in [-0.25, -0.2) is 19.9 Å². The predicted molar refractivity (Wildman–Crippen MR) is 56.1 cm³/mol. The van der Waals surface area contributed by atoms with Gasteiger partial charge < -0.3 is 5.32 Å². The summed E-state index contributed by atoms with van der Waals surface area (Å²) in [6, 6.07) is 3.71. The highest BCUT2D eigenvalue weighted by atomic mass is 15.1. The number of aryl methyl sites for hydroxylation is 1. The van der Waals surface area contributed by atoms with Crippen molar-refractivity contribution >= 4 is 5.95 Å². The van der Waals surface area contributed by atoms with Gasteiger partial charge in [0.2, 0.25) is 5.95 Å². The molecule has 5 heteroatoms. The van der Waals surface area contributed by atoms with Crippen LogP contribution in [0.3, 0.4) is 0 Å². The van der Waals surface area contributed by atoms with Crippen LogP contribution in [0.15, 0.2) is 30.9 Å². The van der Waals surface area contributed by atoms with Gasteiger partial charge in [0.1, 0.15) is 6.33 Å². The number of aromatic nitrogens is 4. The van der Waals surface area contributed by atoms with E-state index in [4.69, 9.17) is 0 Å². The average molecular weight is 201 g/mol. The molecular formula is C10H11N5. The van der Waals surface area contributed by atoms with Crippen LogP contribution in [-0.4, -0.2) is 19.9 Å². The Morgan fingerprint density at radius 2 is 2.13 bits per heavy atom. The van der Waals surface area contributed by atoms with Gasteiger partial charge in [0, 0.05) is 18.1 Å². The third-order valence-corrected chi connectivity index (χ3v) is 1.87. The van der Waals surface area contributed by atoms with Crippen LogP contribution >= 0.6 is 0 Å². The van der Waals surface area contributed by atoms with Gasteiger partial charge in [-0.3, -0.25) is 0 Å². The third kappa shape index (κ3) is 2.70. The minimum Gasteiger partial charge on any atom is -0.349 e. The van der Waals surface area contributed by atoms with Crippen LogP contribution in [0.1, 0.15) is 11.4 Å². The average Bonchev–Trinajstić information content (AvgIpc) is 2.28. The smallest absolute Gasteiger partial charge is 0.223 e. The molecule has 0 amide bonds. The SMILES string of the molecule is Cc1ccnc(NCc2ccncn2)n1. The second kappa shape index (κ2) is 4.45. The first kappa shape index (κ1) is 9.51. The molecule has 0 saturated heterocycles. The molecule has 76 valence electrons. The van der Waals surface area contributed by atoms with Crippen molar-refractivity contribution in [2.75, 3.05) is 5.32 Å². The Morgan fingerprint density at radius 3 is 2.87 bits per heavy atom. The topological polar surface area (TPSA) is 63.6 Å². The normalized spacial score (nSPS) is 9.93. The fourth-order valence-electron chi connectivity index (χ4n) is 1.13. The lowest BCUT2D eigenvalue weighted by Gasteiger charge is -2.03. The van der Waals surface area contributed by atoms with Crippen molar-refractivity contribution in [3.8, 4) is 0 Å². The number of anilines is 1. The zero-order valence-electron chi connectivity index (χ0n) is 8.38. The van der Waals surface area contributed by atoms with E-state index in [-0.39, 0.29) is 0 Å². The lowest BCUT2D eigenvalue weighted by atomic mass is 10.4. The zero-order valence-corrected chi connectivity index (χ0v) is 8.38. The van der Waals surface area contributed by atoms with Crippen LogP contribution in [0, 0.1) is 6.92 Å². The molecule has 0 aliphatic carbocycles. The van der Waals surface area contributed by atoms with Crippen LogP contribution in [0.5, 0.6) is 0 Å². The molecule has 2 rings (SSSR count). The summed E-state index contributed by atoms with van der Waals surface area (Å²) in [5, 5.41) is 3.09. The Hall–Kier alpha value is -2.04. The second-order valence-electron chi connectivity index (χ2n) is 3.08. The standard InChI is InChI=1S/C10H11N5/c1-8-2-5-12-10(15-8)13-6-9-3-4-11-7-14-9/h2-5,7H,6H2,1H3,(H,12,13,15). The Bertz CT molecular complexity index is 429. The highest BCUT2D eigenvalue weighted by Crippen LogP contribution is 2.01. The predicted octanol–water partition coefficient (Wildman–Crippen LogP) is 1.19. The Balaban J connectivity index is 1.99. The summed E-state index contributed by atoms with van der Waals surface area (Å²) in [7, 11) is 0. The van der Waals surface area contributed by atoms with Crippen molar-refractivity contribution in [3.05, 3.63) is 42.2 Å². The van der Waals surface area contributed by atoms with Gasteiger partial charge in [-0.15, -0.1) is 0 Å². The highest BCUT2D eigenvalue weighted by Gasteiger charge is 1.96. The first-order valence-corrected chi connectivity index (χ1v) is 4.63. The van der Waals surface area contributed by atoms with E-state index in [1.165, 1.54) is 6.33 Å². The Morgan fingerprint density at radius 1 is 1.20 bits per heavy atom. The van der Waals surface area contributed by atoms with Crippen LogP contribution in [-0.2, 0) is 6.54 Å². The number of rotatable bonds is 3. The lowest BCUT2D eigenvalue weighted by molar-refractivity contribution is 0.970. The molecule has 0 aliphatic rings. The van der Waals surface area contributed by atoms with E-state index >= 15 is 0 Å². The van der Waals surface area contributed by atoms with Crippen molar-refractivity contribution in [3.63, 3.8) is 0 Å². The summed E-state index contributed by atoms with van der Waals surface area (Å²) < 4.78 is 0. The molecule has 2 aromatic rings. The number of nitrogens with zero attached hydrogens (tertiary/aromatic N) is 4. The van der Waals surface area contributed by atoms with Gasteiger partial charge in [0.05, 0.1) is 12.2 Å². The molecule has 0 saturated carbocycles. The van der Waals surface area contributed by atoms with Crippen molar-refractivity contribution in [2.24, 2.45) is 0 Å². The van der Waals surface area contributed by atoms with Gasteiger partial charge in [0.25, 0.3) is 0 Å². The summed E-state index contributed by atoms with van der Waals surface area (Å²) in [6.07, 6.45) is 4.96. The molecule has 0 aliphatic heterocycles. The van der Waals surface area contributed by atoms with Crippen LogP contribution in [0.4, 0.5) is 5.95 Å². The van der Waals surface area contributed by atoms with Gasteiger partial charge in [0.15, 0.2) is 0 Å². The van der Waals surface area contributed by atoms with Crippen LogP contribution < -0.4 is 5.32 Å². The fraction of sp³-hybridized carbons (Fsp3) is 0.200. The highest BCUT2D eigenvalue weighted by molar-refractivity contribution is 5.25. The van der Waals surface area contributed by atoms with E-state index in [2.05, 4.69) is 25.3 Å². The fourth-order valence-corrected chi connectivity index (χ4v) is 1.13. The van der Waals surface area contributed by atoms with E-state index < -0.39 is 0 Å². The van der Waals surface area contributed by atoms with Gasteiger partial charge in [-0.2, -0.15) is 0 Å². The summed E-state index contributed by atoms with van der Waals surface area (Å²) in [6.45, 7) is 2.53. The van der Waals surface area contributed by atoms with E-state index in [1.54, 1.807) is 12.4 Å². The first-order chi connectivity index (χ1) is 7.34. The number of hydrogen-bond donors (Lipinski definition) is 1. The van der Waals surface area contributed by atoms with E-state index in [0.717, 1.165) is 11.4 Å². The molecule has 2 aromatic heterocycles. The molecule has 0 fully saturated rings. The first-order valence-electron chi connectivity index (χ1n) is 4.63. The maximum Gasteiger partial charge on any atom is 0.223 e. The molecule has 0 unspecified atom stereocenters. The van der Waals surface area contributed by atoms with Gasteiger partial charge >= 0.3 is 0 Å². The maximum atomic E-state index is 4.22. The molecule has 1 N–H and O–H groups in total. The van der Waals surface area contributed by atoms with Crippen molar-refractivity contribution in [1.82, 2.24) is 19.9 Å². The van der Waals surface area contributed by atoms with Crippen molar-refractivity contribution < 1.29 is 0 Å². The van der Waals surface area contributed by atoms with Crippen LogP contribution in [0.2, 0.25) is 0 Å². The van der Waals surface area contributed by atoms with Gasteiger partial charge in [-0.1, -0.05) is 0 Å². The second-order valence-corrected chi connectivity index (χ2v) is 3.08. The molecule has 0 radical (unpaired) electrons. The quantitative estimate of drug-likeness (QED) is 0.808. The molecular weight excluding hydrogens is 190 g/mol. The number of nitrogens with one attached hydrogen (secondary N) is 1. The zero-order chi connectivity index (χ0) is 10.5. The Kier molecular flexibility index (Phi) is 2.82. The van der Waals surface area contributed by atoms with E-state index in [1.807, 2.05) is 19.1 Å². The molecule has 2 heterocycles. The molecule has 0 bridgehead atoms. The monoisotopic (exact) mass is 201 g/mol. The molecule has 0 aromatic carbocycles.